The molecule has 0 aliphatic carbocycles. The van der Waals surface area contributed by atoms with E-state index < -0.39 is 29.6 Å². The number of carbonyl (C=O) groups is 1. The van der Waals surface area contributed by atoms with Gasteiger partial charge in [-0.3, -0.25) is 4.79 Å². The fourth-order valence-corrected chi connectivity index (χ4v) is 3.92. The summed E-state index contributed by atoms with van der Waals surface area (Å²) in [5.74, 6) is -1.38. The highest BCUT2D eigenvalue weighted by Crippen LogP contribution is 2.36. The fourth-order valence-electron chi connectivity index (χ4n) is 3.74. The molecule has 1 saturated heterocycles. The van der Waals surface area contributed by atoms with Crippen LogP contribution in [0.2, 0.25) is 5.02 Å². The Bertz CT molecular complexity index is 1270. The van der Waals surface area contributed by atoms with Gasteiger partial charge >= 0.3 is 12.1 Å². The second kappa shape index (κ2) is 10.1. The summed E-state index contributed by atoms with van der Waals surface area (Å²) in [6.07, 6.45) is -3.21. The van der Waals surface area contributed by atoms with E-state index >= 15 is 0 Å². The van der Waals surface area contributed by atoms with Gasteiger partial charge in [-0.25, -0.2) is 14.4 Å². The molecule has 1 atom stereocenters. The third-order valence-corrected chi connectivity index (χ3v) is 5.93. The maximum Gasteiger partial charge on any atom is 0.419 e. The van der Waals surface area contributed by atoms with E-state index in [1.54, 1.807) is 11.0 Å². The van der Waals surface area contributed by atoms with E-state index in [-0.39, 0.29) is 29.9 Å². The molecule has 1 fully saturated rings. The minimum atomic E-state index is -4.53. The number of carboxylic acid groups (broad SMARTS) is 1. The number of anilines is 3. The molecule has 0 unspecified atom stereocenters. The maximum atomic E-state index is 13.7. The Labute approximate surface area is 208 Å². The summed E-state index contributed by atoms with van der Waals surface area (Å²) in [4.78, 5) is 27.5. The van der Waals surface area contributed by atoms with Crippen LogP contribution in [0.25, 0.3) is 11.3 Å². The van der Waals surface area contributed by atoms with Gasteiger partial charge in [0.25, 0.3) is 0 Å². The number of rotatable bonds is 6. The molecular formula is C23H21ClF4N6O2. The molecule has 36 heavy (non-hydrogen) atoms. The molecule has 0 spiro atoms. The Morgan fingerprint density at radius 2 is 1.81 bits per heavy atom. The summed E-state index contributed by atoms with van der Waals surface area (Å²) in [6.45, 7) is 2.56. The van der Waals surface area contributed by atoms with Crippen molar-refractivity contribution in [1.82, 2.24) is 15.0 Å². The van der Waals surface area contributed by atoms with Crippen molar-refractivity contribution in [3.63, 3.8) is 0 Å². The third kappa shape index (κ3) is 5.59. The van der Waals surface area contributed by atoms with Crippen molar-refractivity contribution in [2.45, 2.75) is 19.1 Å². The zero-order chi connectivity index (χ0) is 26.0. The van der Waals surface area contributed by atoms with Gasteiger partial charge in [-0.05, 0) is 37.3 Å². The Morgan fingerprint density at radius 1 is 1.11 bits per heavy atom. The number of hydrogen-bond acceptors (Lipinski definition) is 7. The maximum absolute atomic E-state index is 13.7. The van der Waals surface area contributed by atoms with Crippen molar-refractivity contribution in [1.29, 1.82) is 0 Å². The van der Waals surface area contributed by atoms with Crippen LogP contribution in [0, 0.1) is 5.82 Å². The SMILES string of the molecule is C[C@H](Nc1nc(-c2ccc(F)c(Cl)c2)cc(N2CCN(c3ncccc3C(F)(F)F)CC2)n1)C(=O)O. The summed E-state index contributed by atoms with van der Waals surface area (Å²) >= 11 is 5.92. The molecular weight excluding hydrogens is 504 g/mol. The Morgan fingerprint density at radius 3 is 2.44 bits per heavy atom. The normalized spacial score (nSPS) is 15.1. The van der Waals surface area contributed by atoms with E-state index in [1.165, 1.54) is 37.4 Å². The summed E-state index contributed by atoms with van der Waals surface area (Å²) in [7, 11) is 0. The van der Waals surface area contributed by atoms with Crippen LogP contribution in [0.15, 0.2) is 42.6 Å². The first-order chi connectivity index (χ1) is 17.0. The number of nitrogens with one attached hydrogen (secondary N) is 1. The average molecular weight is 525 g/mol. The van der Waals surface area contributed by atoms with Gasteiger partial charge in [-0.1, -0.05) is 11.6 Å². The van der Waals surface area contributed by atoms with E-state index in [0.29, 0.717) is 30.2 Å². The number of pyridine rings is 1. The van der Waals surface area contributed by atoms with Crippen LogP contribution in [-0.2, 0) is 11.0 Å². The van der Waals surface area contributed by atoms with Crippen molar-refractivity contribution in [2.75, 3.05) is 41.3 Å². The van der Waals surface area contributed by atoms with Crippen molar-refractivity contribution >= 4 is 35.2 Å². The van der Waals surface area contributed by atoms with Crippen LogP contribution in [0.1, 0.15) is 12.5 Å². The van der Waals surface area contributed by atoms with Gasteiger partial charge in [0.05, 0.1) is 16.3 Å². The highest BCUT2D eigenvalue weighted by Gasteiger charge is 2.36. The van der Waals surface area contributed by atoms with E-state index in [2.05, 4.69) is 20.3 Å². The van der Waals surface area contributed by atoms with Crippen LogP contribution >= 0.6 is 11.6 Å². The topological polar surface area (TPSA) is 94.5 Å². The number of halogens is 5. The molecule has 3 heterocycles. The molecule has 13 heteroatoms. The lowest BCUT2D eigenvalue weighted by atomic mass is 10.1. The minimum absolute atomic E-state index is 0.0318. The van der Waals surface area contributed by atoms with E-state index in [0.717, 1.165) is 6.07 Å². The van der Waals surface area contributed by atoms with Crippen LogP contribution in [0.4, 0.5) is 35.1 Å². The molecule has 0 saturated carbocycles. The number of piperazine rings is 1. The monoisotopic (exact) mass is 524 g/mol. The standard InChI is InChI=1S/C23H21ClF4N6O2/c1-13(21(35)36)30-22-31-18(14-4-5-17(25)16(24)11-14)12-19(32-22)33-7-9-34(10-8-33)20-15(23(26,27)28)3-2-6-29-20/h2-6,11-13H,7-10H2,1H3,(H,35,36)(H,30,31,32)/t13-/m0/s1. The lowest BCUT2D eigenvalue weighted by Gasteiger charge is -2.37. The smallest absolute Gasteiger partial charge is 0.419 e. The van der Waals surface area contributed by atoms with Crippen LogP contribution in [-0.4, -0.2) is 58.2 Å². The lowest BCUT2D eigenvalue weighted by Crippen LogP contribution is -2.47. The summed E-state index contributed by atoms with van der Waals surface area (Å²) in [5, 5.41) is 11.9. The van der Waals surface area contributed by atoms with E-state index in [4.69, 9.17) is 11.6 Å². The number of carboxylic acids is 1. The van der Waals surface area contributed by atoms with Gasteiger partial charge in [-0.15, -0.1) is 0 Å². The third-order valence-electron chi connectivity index (χ3n) is 5.64. The Hall–Kier alpha value is -3.67. The highest BCUT2D eigenvalue weighted by molar-refractivity contribution is 6.31. The average Bonchev–Trinajstić information content (AvgIpc) is 2.85. The van der Waals surface area contributed by atoms with Gasteiger partial charge in [0, 0.05) is 44.0 Å². The summed E-state index contributed by atoms with van der Waals surface area (Å²) in [5.41, 5.74) is 0.0524. The molecule has 8 nitrogen and oxygen atoms in total. The number of nitrogens with zero attached hydrogens (tertiary/aromatic N) is 5. The first-order valence-corrected chi connectivity index (χ1v) is 11.3. The molecule has 190 valence electrons. The number of hydrogen-bond donors (Lipinski definition) is 2. The van der Waals surface area contributed by atoms with Gasteiger partial charge in [0.1, 0.15) is 23.5 Å². The second-order valence-corrected chi connectivity index (χ2v) is 8.52. The van der Waals surface area contributed by atoms with Crippen molar-refractivity contribution in [3.8, 4) is 11.3 Å². The summed E-state index contributed by atoms with van der Waals surface area (Å²) in [6, 6.07) is 6.96. The van der Waals surface area contributed by atoms with Gasteiger partial charge in [0.2, 0.25) is 5.95 Å². The minimum Gasteiger partial charge on any atom is -0.480 e. The molecule has 0 bridgehead atoms. The lowest BCUT2D eigenvalue weighted by molar-refractivity contribution is -0.138. The molecule has 2 aromatic heterocycles. The van der Waals surface area contributed by atoms with Crippen LogP contribution < -0.4 is 15.1 Å². The molecule has 2 N–H and O–H groups in total. The highest BCUT2D eigenvalue weighted by atomic mass is 35.5. The van der Waals surface area contributed by atoms with Gasteiger partial charge in [-0.2, -0.15) is 18.2 Å². The quantitative estimate of drug-likeness (QED) is 0.453. The number of aliphatic carboxylic acids is 1. The number of benzene rings is 1. The predicted molar refractivity (Wildman–Crippen MR) is 127 cm³/mol. The second-order valence-electron chi connectivity index (χ2n) is 8.11. The molecule has 1 aliphatic heterocycles. The van der Waals surface area contributed by atoms with Crippen LogP contribution in [0.3, 0.4) is 0 Å². The molecule has 1 aliphatic rings. The van der Waals surface area contributed by atoms with Gasteiger partial charge < -0.3 is 20.2 Å². The number of aromatic nitrogens is 3. The molecule has 0 radical (unpaired) electrons. The predicted octanol–water partition coefficient (Wildman–Crippen LogP) is 4.56. The zero-order valence-corrected chi connectivity index (χ0v) is 19.7. The van der Waals surface area contributed by atoms with Crippen LogP contribution in [0.5, 0.6) is 0 Å². The van der Waals surface area contributed by atoms with E-state index in [1.807, 2.05) is 4.90 Å². The molecule has 0 amide bonds. The summed E-state index contributed by atoms with van der Waals surface area (Å²) < 4.78 is 54.0. The van der Waals surface area contributed by atoms with Crippen molar-refractivity contribution < 1.29 is 27.5 Å². The first kappa shape index (κ1) is 25.4. The molecule has 1 aromatic carbocycles. The Balaban J connectivity index is 1.62. The fraction of sp³-hybridized carbons (Fsp3) is 0.304. The Kier molecular flexibility index (Phi) is 7.16. The van der Waals surface area contributed by atoms with Crippen molar-refractivity contribution in [2.24, 2.45) is 0 Å². The molecule has 3 aromatic rings. The number of alkyl halides is 3. The zero-order valence-electron chi connectivity index (χ0n) is 18.9. The van der Waals surface area contributed by atoms with Gasteiger partial charge in [0.15, 0.2) is 0 Å². The van der Waals surface area contributed by atoms with E-state index in [9.17, 15) is 27.5 Å². The largest absolute Gasteiger partial charge is 0.480 e. The van der Waals surface area contributed by atoms with Crippen molar-refractivity contribution in [3.05, 3.63) is 59.0 Å². The first-order valence-electron chi connectivity index (χ1n) is 10.9. The molecule has 4 rings (SSSR count).